The van der Waals surface area contributed by atoms with E-state index >= 15 is 0 Å². The number of benzene rings is 2. The lowest BCUT2D eigenvalue weighted by Gasteiger charge is -2.20. The Kier molecular flexibility index (Phi) is 9.27. The number of hydrogen-bond donors (Lipinski definition) is 0. The van der Waals surface area contributed by atoms with Gasteiger partial charge in [-0.3, -0.25) is 4.18 Å². The monoisotopic (exact) mass is 434 g/mol. The van der Waals surface area contributed by atoms with Gasteiger partial charge in [0.1, 0.15) is 6.10 Å². The highest BCUT2D eigenvalue weighted by Gasteiger charge is 2.25. The topological polar surface area (TPSA) is 60.4 Å². The molecule has 4 nitrogen and oxygen atoms in total. The van der Waals surface area contributed by atoms with Crippen molar-refractivity contribution in [2.24, 2.45) is 0 Å². The number of rotatable bonds is 11. The Morgan fingerprint density at radius 3 is 2.34 bits per heavy atom. The van der Waals surface area contributed by atoms with Gasteiger partial charge < -0.3 is 0 Å². The van der Waals surface area contributed by atoms with Gasteiger partial charge in [-0.15, -0.1) is 0 Å². The molecule has 2 aromatic rings. The molecular weight excluding hydrogens is 404 g/mol. The van der Waals surface area contributed by atoms with Gasteiger partial charge >= 0.3 is 0 Å². The molecule has 0 aliphatic carbocycles. The van der Waals surface area contributed by atoms with Crippen LogP contribution >= 0.6 is 0 Å². The van der Waals surface area contributed by atoms with Crippen molar-refractivity contribution in [2.45, 2.75) is 57.0 Å². The van der Waals surface area contributed by atoms with Crippen molar-refractivity contribution < 1.29 is 16.8 Å². The molecule has 0 heterocycles. The molecule has 0 N–H and O–H groups in total. The van der Waals surface area contributed by atoms with Gasteiger partial charge in [-0.1, -0.05) is 73.9 Å². The van der Waals surface area contributed by atoms with E-state index < -0.39 is 27.0 Å². The molecule has 6 heteroatoms. The van der Waals surface area contributed by atoms with Crippen molar-refractivity contribution >= 4 is 20.9 Å². The van der Waals surface area contributed by atoms with Crippen molar-refractivity contribution in [2.75, 3.05) is 6.26 Å². The molecule has 0 aliphatic rings. The Morgan fingerprint density at radius 1 is 1.10 bits per heavy atom. The maximum Gasteiger partial charge on any atom is 0.264 e. The van der Waals surface area contributed by atoms with Gasteiger partial charge in [-0.25, -0.2) is 4.21 Å². The molecule has 2 atom stereocenters. The van der Waals surface area contributed by atoms with Gasteiger partial charge in [0.05, 0.1) is 17.1 Å². The molecular formula is C23H30O4S2. The minimum absolute atomic E-state index is 0.437. The summed E-state index contributed by atoms with van der Waals surface area (Å²) in [6.07, 6.45) is 5.94. The lowest BCUT2D eigenvalue weighted by Crippen LogP contribution is -2.23. The van der Waals surface area contributed by atoms with Gasteiger partial charge in [0.2, 0.25) is 0 Å². The van der Waals surface area contributed by atoms with E-state index in [1.807, 2.05) is 67.6 Å². The molecule has 0 bridgehead atoms. The minimum atomic E-state index is -3.70. The van der Waals surface area contributed by atoms with E-state index in [1.165, 1.54) is 0 Å². The Morgan fingerprint density at radius 2 is 1.76 bits per heavy atom. The molecule has 0 fully saturated rings. The second-order valence-corrected chi connectivity index (χ2v) is 10.2. The smallest absolute Gasteiger partial charge is 0.261 e. The maximum atomic E-state index is 13.4. The standard InChI is InChI=1S/C23H30O4S2/c1-4-5-7-12-23(28(24)21-16-13-19(2)14-17-21)22(27-29(3,25)26)18-15-20-10-8-6-9-11-20/h6,8-14,16-17,22H,4-5,7,15,18H2,1-3H3/b23-12+/t22-,28-/m0/s1. The van der Waals surface area contributed by atoms with Crippen molar-refractivity contribution in [1.29, 1.82) is 0 Å². The van der Waals surface area contributed by atoms with Crippen molar-refractivity contribution in [3.8, 4) is 0 Å². The first-order valence-corrected chi connectivity index (χ1v) is 12.9. The third-order valence-corrected chi connectivity index (χ3v) is 6.64. The minimum Gasteiger partial charge on any atom is -0.261 e. The highest BCUT2D eigenvalue weighted by molar-refractivity contribution is 7.89. The fraction of sp³-hybridized carbons (Fsp3) is 0.391. The van der Waals surface area contributed by atoms with Crippen LogP contribution in [0.1, 0.15) is 43.7 Å². The van der Waals surface area contributed by atoms with Crippen LogP contribution in [-0.4, -0.2) is 25.0 Å². The summed E-state index contributed by atoms with van der Waals surface area (Å²) in [6.45, 7) is 4.06. The zero-order valence-corrected chi connectivity index (χ0v) is 19.0. The first-order valence-electron chi connectivity index (χ1n) is 9.91. The van der Waals surface area contributed by atoms with Crippen LogP contribution in [0.3, 0.4) is 0 Å². The lowest BCUT2D eigenvalue weighted by molar-refractivity contribution is 0.243. The predicted molar refractivity (Wildman–Crippen MR) is 120 cm³/mol. The predicted octanol–water partition coefficient (Wildman–Crippen LogP) is 5.15. The second kappa shape index (κ2) is 11.4. The molecule has 0 radical (unpaired) electrons. The van der Waals surface area contributed by atoms with Crippen LogP contribution in [0.2, 0.25) is 0 Å². The molecule has 0 unspecified atom stereocenters. The zero-order valence-electron chi connectivity index (χ0n) is 17.3. The normalized spacial score (nSPS) is 14.5. The zero-order chi connectivity index (χ0) is 21.3. The molecule has 0 saturated carbocycles. The molecule has 2 rings (SSSR count). The molecule has 158 valence electrons. The molecule has 0 aliphatic heterocycles. The summed E-state index contributed by atoms with van der Waals surface area (Å²) in [4.78, 5) is 1.18. The number of hydrogen-bond acceptors (Lipinski definition) is 4. The first kappa shape index (κ1) is 23.5. The summed E-state index contributed by atoms with van der Waals surface area (Å²) in [5.74, 6) is 0. The largest absolute Gasteiger partial charge is 0.264 e. The van der Waals surface area contributed by atoms with Gasteiger partial charge in [-0.2, -0.15) is 8.42 Å². The Labute approximate surface area is 177 Å². The molecule has 0 amide bonds. The van der Waals surface area contributed by atoms with Crippen molar-refractivity contribution in [3.05, 3.63) is 76.7 Å². The van der Waals surface area contributed by atoms with Crippen LogP contribution in [0.4, 0.5) is 0 Å². The van der Waals surface area contributed by atoms with Crippen molar-refractivity contribution in [1.82, 2.24) is 0 Å². The van der Waals surface area contributed by atoms with Crippen LogP contribution < -0.4 is 0 Å². The number of unbranched alkanes of at least 4 members (excludes halogenated alkanes) is 2. The van der Waals surface area contributed by atoms with Gasteiger partial charge in [-0.05, 0) is 43.9 Å². The summed E-state index contributed by atoms with van der Waals surface area (Å²) in [7, 11) is -5.18. The molecule has 2 aromatic carbocycles. The van der Waals surface area contributed by atoms with E-state index in [0.29, 0.717) is 22.6 Å². The Hall–Kier alpha value is -1.76. The van der Waals surface area contributed by atoms with E-state index in [0.717, 1.165) is 36.6 Å². The molecule has 29 heavy (non-hydrogen) atoms. The number of aryl methyl sites for hydroxylation is 2. The molecule has 0 aromatic heterocycles. The van der Waals surface area contributed by atoms with Crippen molar-refractivity contribution in [3.63, 3.8) is 0 Å². The van der Waals surface area contributed by atoms with Crippen LogP contribution in [0.25, 0.3) is 0 Å². The quantitative estimate of drug-likeness (QED) is 0.362. The summed E-state index contributed by atoms with van der Waals surface area (Å²) in [6, 6.07) is 17.3. The Balaban J connectivity index is 2.34. The third-order valence-electron chi connectivity index (χ3n) is 4.50. The van der Waals surface area contributed by atoms with Gasteiger partial charge in [0, 0.05) is 9.80 Å². The van der Waals surface area contributed by atoms with Crippen LogP contribution in [-0.2, 0) is 31.5 Å². The van der Waals surface area contributed by atoms with Crippen LogP contribution in [0.15, 0.2) is 70.5 Å². The fourth-order valence-corrected chi connectivity index (χ4v) is 4.98. The van der Waals surface area contributed by atoms with E-state index in [9.17, 15) is 12.6 Å². The third kappa shape index (κ3) is 8.25. The number of allylic oxidation sites excluding steroid dienone is 1. The van der Waals surface area contributed by atoms with Gasteiger partial charge in [0.25, 0.3) is 10.1 Å². The van der Waals surface area contributed by atoms with Crippen LogP contribution in [0.5, 0.6) is 0 Å². The Bertz CT molecular complexity index is 917. The maximum absolute atomic E-state index is 13.4. The SMILES string of the molecule is CCCC/C=C(\[C@H](CCc1ccccc1)OS(C)(=O)=O)[S@@](=O)c1ccc(C)cc1. The van der Waals surface area contributed by atoms with E-state index in [1.54, 1.807) is 0 Å². The summed E-state index contributed by atoms with van der Waals surface area (Å²) < 4.78 is 42.7. The molecule has 0 spiro atoms. The summed E-state index contributed by atoms with van der Waals surface area (Å²) >= 11 is 0. The fourth-order valence-electron chi connectivity index (χ4n) is 2.96. The van der Waals surface area contributed by atoms with E-state index in [-0.39, 0.29) is 0 Å². The summed E-state index contributed by atoms with van der Waals surface area (Å²) in [5, 5.41) is 0. The van der Waals surface area contributed by atoms with E-state index in [2.05, 4.69) is 6.92 Å². The van der Waals surface area contributed by atoms with Gasteiger partial charge in [0.15, 0.2) is 0 Å². The van der Waals surface area contributed by atoms with E-state index in [4.69, 9.17) is 4.18 Å². The summed E-state index contributed by atoms with van der Waals surface area (Å²) in [5.41, 5.74) is 2.17. The second-order valence-electron chi connectivity index (χ2n) is 7.14. The van der Waals surface area contributed by atoms with Crippen LogP contribution in [0, 0.1) is 6.92 Å². The highest BCUT2D eigenvalue weighted by atomic mass is 32.2. The highest BCUT2D eigenvalue weighted by Crippen LogP contribution is 2.25. The lowest BCUT2D eigenvalue weighted by atomic mass is 10.1. The first-order chi connectivity index (χ1) is 13.8. The average Bonchev–Trinajstić information content (AvgIpc) is 2.69. The molecule has 0 saturated heterocycles. The average molecular weight is 435 g/mol.